The summed E-state index contributed by atoms with van der Waals surface area (Å²) in [4.78, 5) is 7.90. The topological polar surface area (TPSA) is 42.1 Å². The van der Waals surface area contributed by atoms with Gasteiger partial charge < -0.3 is 5.73 Å². The number of likely N-dealkylation sites (tertiary alicyclic amines) is 1. The molecule has 0 amide bonds. The first-order valence-electron chi connectivity index (χ1n) is 6.26. The second-order valence-electron chi connectivity index (χ2n) is 4.77. The molecule has 0 radical (unpaired) electrons. The van der Waals surface area contributed by atoms with Gasteiger partial charge in [0, 0.05) is 17.6 Å². The molecule has 2 aromatic rings. The van der Waals surface area contributed by atoms with E-state index in [0.717, 1.165) is 12.5 Å². The van der Waals surface area contributed by atoms with Crippen LogP contribution in [0.3, 0.4) is 0 Å². The minimum absolute atomic E-state index is 0. The summed E-state index contributed by atoms with van der Waals surface area (Å²) in [5.41, 5.74) is 7.19. The van der Waals surface area contributed by atoms with E-state index in [4.69, 9.17) is 5.73 Å². The summed E-state index contributed by atoms with van der Waals surface area (Å²) in [5, 5.41) is 5.16. The summed E-state index contributed by atoms with van der Waals surface area (Å²) in [6.45, 7) is 3.36. The average molecular weight is 316 g/mol. The molecule has 2 aromatic heterocycles. The fraction of sp³-hybridized carbons (Fsp3) is 0.462. The van der Waals surface area contributed by atoms with Gasteiger partial charge in [0.1, 0.15) is 0 Å². The van der Waals surface area contributed by atoms with Crippen LogP contribution in [0.2, 0.25) is 0 Å². The molecule has 104 valence electrons. The lowest BCUT2D eigenvalue weighted by Crippen LogP contribution is -2.32. The van der Waals surface area contributed by atoms with Crippen molar-refractivity contribution < 1.29 is 0 Å². The maximum absolute atomic E-state index is 5.66. The lowest BCUT2D eigenvalue weighted by atomic mass is 9.91. The predicted molar refractivity (Wildman–Crippen MR) is 85.3 cm³/mol. The van der Waals surface area contributed by atoms with E-state index in [2.05, 4.69) is 26.7 Å². The van der Waals surface area contributed by atoms with Crippen molar-refractivity contribution >= 4 is 40.2 Å². The van der Waals surface area contributed by atoms with E-state index >= 15 is 0 Å². The molecule has 3 heterocycles. The molecule has 3 nitrogen and oxygen atoms in total. The van der Waals surface area contributed by atoms with Crippen LogP contribution in [0.1, 0.15) is 29.2 Å². The lowest BCUT2D eigenvalue weighted by molar-refractivity contribution is 0.206. The van der Waals surface area contributed by atoms with Gasteiger partial charge in [0.05, 0.1) is 0 Å². The third-order valence-electron chi connectivity index (χ3n) is 3.55. The number of thiazole rings is 1. The molecule has 0 aliphatic carbocycles. The van der Waals surface area contributed by atoms with Crippen molar-refractivity contribution in [1.82, 2.24) is 9.88 Å². The van der Waals surface area contributed by atoms with Gasteiger partial charge in [0.25, 0.3) is 0 Å². The second kappa shape index (κ2) is 6.70. The zero-order chi connectivity index (χ0) is 12.4. The van der Waals surface area contributed by atoms with Gasteiger partial charge in [-0.2, -0.15) is 11.3 Å². The number of aromatic nitrogens is 1. The van der Waals surface area contributed by atoms with Crippen molar-refractivity contribution in [3.05, 3.63) is 33.5 Å². The molecule has 1 fully saturated rings. The van der Waals surface area contributed by atoms with Crippen molar-refractivity contribution in [2.75, 3.05) is 18.8 Å². The van der Waals surface area contributed by atoms with E-state index in [-0.39, 0.29) is 12.4 Å². The molecule has 1 aliphatic heterocycles. The number of nitrogens with zero attached hydrogens (tertiary/aromatic N) is 2. The summed E-state index contributed by atoms with van der Waals surface area (Å²) in [6.07, 6.45) is 4.45. The minimum atomic E-state index is 0. The Bertz CT molecular complexity index is 490. The number of hydrogen-bond donors (Lipinski definition) is 1. The number of nitrogens with two attached hydrogens (primary N) is 1. The van der Waals surface area contributed by atoms with E-state index in [9.17, 15) is 0 Å². The van der Waals surface area contributed by atoms with Crippen LogP contribution in [0.5, 0.6) is 0 Å². The smallest absolute Gasteiger partial charge is 0.180 e. The van der Waals surface area contributed by atoms with E-state index in [1.54, 1.807) is 22.7 Å². The standard InChI is InChI=1S/C13H17N3S2.ClH/c14-13-15-7-12(18-13)8-16-4-1-10(2-5-16)11-3-6-17-9-11;/h3,6-7,9-10H,1-2,4-5,8H2,(H2,14,15);1H. The molecule has 0 saturated carbocycles. The van der Waals surface area contributed by atoms with Crippen molar-refractivity contribution in [3.8, 4) is 0 Å². The molecule has 6 heteroatoms. The molecule has 3 rings (SSSR count). The summed E-state index contributed by atoms with van der Waals surface area (Å²) in [5.74, 6) is 0.763. The largest absolute Gasteiger partial charge is 0.375 e. The molecule has 1 aliphatic rings. The van der Waals surface area contributed by atoms with Crippen LogP contribution in [0, 0.1) is 0 Å². The summed E-state index contributed by atoms with van der Waals surface area (Å²) in [6, 6.07) is 2.27. The number of halogens is 1. The number of rotatable bonds is 3. The van der Waals surface area contributed by atoms with Gasteiger partial charge in [-0.15, -0.1) is 23.7 Å². The second-order valence-corrected chi connectivity index (χ2v) is 6.70. The Hall–Kier alpha value is -0.620. The van der Waals surface area contributed by atoms with Crippen LogP contribution < -0.4 is 5.73 Å². The zero-order valence-electron chi connectivity index (χ0n) is 10.6. The normalized spacial score (nSPS) is 17.3. The Balaban J connectivity index is 0.00000133. The molecular formula is C13H18ClN3S2. The molecule has 0 spiro atoms. The Morgan fingerprint density at radius 1 is 1.37 bits per heavy atom. The lowest BCUT2D eigenvalue weighted by Gasteiger charge is -2.31. The van der Waals surface area contributed by atoms with E-state index in [0.29, 0.717) is 5.13 Å². The van der Waals surface area contributed by atoms with Crippen LogP contribution in [0.15, 0.2) is 23.0 Å². The van der Waals surface area contributed by atoms with Crippen LogP contribution >= 0.6 is 35.1 Å². The van der Waals surface area contributed by atoms with Crippen LogP contribution in [0.25, 0.3) is 0 Å². The average Bonchev–Trinajstić information content (AvgIpc) is 3.02. The highest BCUT2D eigenvalue weighted by Gasteiger charge is 2.21. The van der Waals surface area contributed by atoms with Gasteiger partial charge in [-0.25, -0.2) is 4.98 Å². The highest BCUT2D eigenvalue weighted by atomic mass is 35.5. The number of nitrogen functional groups attached to an aromatic ring is 1. The quantitative estimate of drug-likeness (QED) is 0.941. The van der Waals surface area contributed by atoms with Crippen molar-refractivity contribution in [2.24, 2.45) is 0 Å². The maximum atomic E-state index is 5.66. The van der Waals surface area contributed by atoms with Gasteiger partial charge in [0.2, 0.25) is 0 Å². The summed E-state index contributed by atoms with van der Waals surface area (Å²) < 4.78 is 0. The first kappa shape index (κ1) is 14.8. The van der Waals surface area contributed by atoms with Crippen molar-refractivity contribution in [2.45, 2.75) is 25.3 Å². The predicted octanol–water partition coefficient (Wildman–Crippen LogP) is 3.59. The molecule has 0 aromatic carbocycles. The molecular weight excluding hydrogens is 298 g/mol. The Labute approximate surface area is 127 Å². The molecule has 1 saturated heterocycles. The van der Waals surface area contributed by atoms with Gasteiger partial charge in [-0.1, -0.05) is 0 Å². The third kappa shape index (κ3) is 3.69. The monoisotopic (exact) mass is 315 g/mol. The van der Waals surface area contributed by atoms with Crippen LogP contribution in [-0.2, 0) is 6.54 Å². The fourth-order valence-electron chi connectivity index (χ4n) is 2.55. The fourth-order valence-corrected chi connectivity index (χ4v) is 4.02. The van der Waals surface area contributed by atoms with Gasteiger partial charge in [-0.3, -0.25) is 4.90 Å². The van der Waals surface area contributed by atoms with E-state index < -0.39 is 0 Å². The number of piperidine rings is 1. The molecule has 0 bridgehead atoms. The van der Waals surface area contributed by atoms with Crippen LogP contribution in [0.4, 0.5) is 5.13 Å². The van der Waals surface area contributed by atoms with Crippen molar-refractivity contribution in [3.63, 3.8) is 0 Å². The molecule has 2 N–H and O–H groups in total. The summed E-state index contributed by atoms with van der Waals surface area (Å²) >= 11 is 3.41. The summed E-state index contributed by atoms with van der Waals surface area (Å²) in [7, 11) is 0. The Morgan fingerprint density at radius 2 is 2.16 bits per heavy atom. The SMILES string of the molecule is Cl.Nc1ncc(CN2CCC(c3ccsc3)CC2)s1. The Kier molecular flexibility index (Phi) is 5.21. The molecule has 0 unspecified atom stereocenters. The molecule has 0 atom stereocenters. The van der Waals surface area contributed by atoms with Gasteiger partial charge in [0.15, 0.2) is 5.13 Å². The Morgan fingerprint density at radius 3 is 2.74 bits per heavy atom. The zero-order valence-corrected chi connectivity index (χ0v) is 13.1. The highest BCUT2D eigenvalue weighted by Crippen LogP contribution is 2.30. The van der Waals surface area contributed by atoms with Crippen LogP contribution in [-0.4, -0.2) is 23.0 Å². The minimum Gasteiger partial charge on any atom is -0.375 e. The van der Waals surface area contributed by atoms with Crippen molar-refractivity contribution in [1.29, 1.82) is 0 Å². The molecule has 19 heavy (non-hydrogen) atoms. The number of anilines is 1. The van der Waals surface area contributed by atoms with E-state index in [1.807, 2.05) is 6.20 Å². The van der Waals surface area contributed by atoms with Gasteiger partial charge in [-0.05, 0) is 54.2 Å². The number of hydrogen-bond acceptors (Lipinski definition) is 5. The highest BCUT2D eigenvalue weighted by molar-refractivity contribution is 7.15. The van der Waals surface area contributed by atoms with Gasteiger partial charge >= 0.3 is 0 Å². The first-order valence-corrected chi connectivity index (χ1v) is 8.02. The first-order chi connectivity index (χ1) is 8.81. The van der Waals surface area contributed by atoms with E-state index in [1.165, 1.54) is 36.4 Å². The maximum Gasteiger partial charge on any atom is 0.180 e. The third-order valence-corrected chi connectivity index (χ3v) is 5.07. The number of thiophene rings is 1.